The SMILES string of the molecule is Cc1noc(-c2ccc(C(=O)NCCCOc3ccc(Cl)cc3Cl)cc2)n1. The molecule has 0 saturated heterocycles. The molecule has 0 aliphatic carbocycles. The molecule has 0 spiro atoms. The van der Waals surface area contributed by atoms with Crippen molar-refractivity contribution in [3.05, 3.63) is 63.9 Å². The van der Waals surface area contributed by atoms with Crippen molar-refractivity contribution in [2.24, 2.45) is 0 Å². The predicted octanol–water partition coefficient (Wildman–Crippen LogP) is 4.55. The second-order valence-electron chi connectivity index (χ2n) is 5.76. The third-order valence-electron chi connectivity index (χ3n) is 3.68. The molecule has 3 aromatic rings. The van der Waals surface area contributed by atoms with Crippen molar-refractivity contribution >= 4 is 29.1 Å². The molecule has 2 aromatic carbocycles. The molecule has 1 N–H and O–H groups in total. The van der Waals surface area contributed by atoms with Crippen LogP contribution in [0.3, 0.4) is 0 Å². The van der Waals surface area contributed by atoms with Gasteiger partial charge in [0.2, 0.25) is 0 Å². The summed E-state index contributed by atoms with van der Waals surface area (Å²) < 4.78 is 10.7. The zero-order valence-corrected chi connectivity index (χ0v) is 16.0. The van der Waals surface area contributed by atoms with Gasteiger partial charge in [-0.15, -0.1) is 0 Å². The van der Waals surface area contributed by atoms with Gasteiger partial charge in [0.1, 0.15) is 5.75 Å². The maximum atomic E-state index is 12.2. The minimum Gasteiger partial charge on any atom is -0.492 e. The van der Waals surface area contributed by atoms with E-state index in [0.717, 1.165) is 5.56 Å². The van der Waals surface area contributed by atoms with Gasteiger partial charge in [0.15, 0.2) is 5.82 Å². The van der Waals surface area contributed by atoms with Crippen LogP contribution in [0, 0.1) is 6.92 Å². The standard InChI is InChI=1S/C19H17Cl2N3O3/c1-12-23-19(27-24-12)14-5-3-13(4-6-14)18(25)22-9-2-10-26-17-8-7-15(20)11-16(17)21/h3-8,11H,2,9-10H2,1H3,(H,22,25). The third-order valence-corrected chi connectivity index (χ3v) is 4.21. The van der Waals surface area contributed by atoms with E-state index in [1.54, 1.807) is 49.4 Å². The van der Waals surface area contributed by atoms with E-state index >= 15 is 0 Å². The Kier molecular flexibility index (Phi) is 6.32. The fraction of sp³-hybridized carbons (Fsp3) is 0.211. The van der Waals surface area contributed by atoms with Gasteiger partial charge >= 0.3 is 0 Å². The molecular weight excluding hydrogens is 389 g/mol. The van der Waals surface area contributed by atoms with Crippen LogP contribution in [0.2, 0.25) is 10.0 Å². The first-order valence-electron chi connectivity index (χ1n) is 8.30. The number of rotatable bonds is 7. The molecule has 8 heteroatoms. The Morgan fingerprint density at radius 2 is 1.96 bits per heavy atom. The van der Waals surface area contributed by atoms with Gasteiger partial charge in [-0.3, -0.25) is 4.79 Å². The van der Waals surface area contributed by atoms with Crippen molar-refractivity contribution < 1.29 is 14.1 Å². The number of hydrogen-bond acceptors (Lipinski definition) is 5. The fourth-order valence-corrected chi connectivity index (χ4v) is 2.79. The van der Waals surface area contributed by atoms with Crippen molar-refractivity contribution in [2.45, 2.75) is 13.3 Å². The Labute approximate surface area is 166 Å². The number of nitrogens with zero attached hydrogens (tertiary/aromatic N) is 2. The molecule has 0 atom stereocenters. The minimum absolute atomic E-state index is 0.159. The number of nitrogens with one attached hydrogen (secondary N) is 1. The monoisotopic (exact) mass is 405 g/mol. The summed E-state index contributed by atoms with van der Waals surface area (Å²) >= 11 is 11.9. The van der Waals surface area contributed by atoms with E-state index in [4.69, 9.17) is 32.5 Å². The molecule has 3 rings (SSSR count). The molecule has 27 heavy (non-hydrogen) atoms. The average molecular weight is 406 g/mol. The lowest BCUT2D eigenvalue weighted by Gasteiger charge is -2.09. The Hall–Kier alpha value is -2.57. The van der Waals surface area contributed by atoms with Crippen LogP contribution in [0.15, 0.2) is 47.0 Å². The molecule has 0 aliphatic heterocycles. The summed E-state index contributed by atoms with van der Waals surface area (Å²) in [6.07, 6.45) is 0.643. The van der Waals surface area contributed by atoms with E-state index in [-0.39, 0.29) is 5.91 Å². The lowest BCUT2D eigenvalue weighted by molar-refractivity contribution is 0.0951. The molecule has 6 nitrogen and oxygen atoms in total. The fourth-order valence-electron chi connectivity index (χ4n) is 2.33. The van der Waals surface area contributed by atoms with E-state index in [1.807, 2.05) is 0 Å². The van der Waals surface area contributed by atoms with Gasteiger partial charge in [-0.2, -0.15) is 4.98 Å². The molecule has 0 fully saturated rings. The van der Waals surface area contributed by atoms with Crippen LogP contribution in [0.5, 0.6) is 5.75 Å². The number of ether oxygens (including phenoxy) is 1. The molecule has 0 unspecified atom stereocenters. The van der Waals surface area contributed by atoms with Crippen LogP contribution in [-0.4, -0.2) is 29.2 Å². The zero-order chi connectivity index (χ0) is 19.2. The average Bonchev–Trinajstić information content (AvgIpc) is 3.09. The smallest absolute Gasteiger partial charge is 0.257 e. The summed E-state index contributed by atoms with van der Waals surface area (Å²) in [6.45, 7) is 2.66. The van der Waals surface area contributed by atoms with Crippen molar-refractivity contribution in [2.75, 3.05) is 13.2 Å². The van der Waals surface area contributed by atoms with Crippen LogP contribution in [-0.2, 0) is 0 Å². The number of aryl methyl sites for hydroxylation is 1. The quantitative estimate of drug-likeness (QED) is 0.583. The van der Waals surface area contributed by atoms with E-state index in [2.05, 4.69) is 15.5 Å². The van der Waals surface area contributed by atoms with Crippen LogP contribution >= 0.6 is 23.2 Å². The van der Waals surface area contributed by atoms with Crippen molar-refractivity contribution in [1.82, 2.24) is 15.5 Å². The number of benzene rings is 2. The number of hydrogen-bond donors (Lipinski definition) is 1. The lowest BCUT2D eigenvalue weighted by atomic mass is 10.1. The summed E-state index contributed by atoms with van der Waals surface area (Å²) in [4.78, 5) is 16.3. The van der Waals surface area contributed by atoms with Gasteiger partial charge in [-0.05, 0) is 55.8 Å². The summed E-state index contributed by atoms with van der Waals surface area (Å²) in [5, 5.41) is 7.61. The van der Waals surface area contributed by atoms with Crippen molar-refractivity contribution in [1.29, 1.82) is 0 Å². The second-order valence-corrected chi connectivity index (χ2v) is 6.60. The third kappa shape index (κ3) is 5.21. The molecule has 0 bridgehead atoms. The largest absolute Gasteiger partial charge is 0.492 e. The molecule has 0 radical (unpaired) electrons. The van der Waals surface area contributed by atoms with Crippen LogP contribution < -0.4 is 10.1 Å². The van der Waals surface area contributed by atoms with Crippen molar-refractivity contribution in [3.8, 4) is 17.2 Å². The first kappa shape index (κ1) is 19.2. The Morgan fingerprint density at radius 3 is 2.63 bits per heavy atom. The number of amides is 1. The zero-order valence-electron chi connectivity index (χ0n) is 14.5. The summed E-state index contributed by atoms with van der Waals surface area (Å²) in [7, 11) is 0. The molecule has 0 saturated carbocycles. The highest BCUT2D eigenvalue weighted by atomic mass is 35.5. The van der Waals surface area contributed by atoms with Crippen LogP contribution in [0.25, 0.3) is 11.5 Å². The van der Waals surface area contributed by atoms with Crippen LogP contribution in [0.1, 0.15) is 22.6 Å². The highest BCUT2D eigenvalue weighted by molar-refractivity contribution is 6.35. The van der Waals surface area contributed by atoms with Gasteiger partial charge in [0.05, 0.1) is 11.6 Å². The second kappa shape index (κ2) is 8.88. The topological polar surface area (TPSA) is 77.2 Å². The Morgan fingerprint density at radius 1 is 1.19 bits per heavy atom. The van der Waals surface area contributed by atoms with Gasteiger partial charge in [-0.25, -0.2) is 0 Å². The summed E-state index contributed by atoms with van der Waals surface area (Å²) in [5.41, 5.74) is 1.32. The molecule has 1 heterocycles. The minimum atomic E-state index is -0.159. The van der Waals surface area contributed by atoms with E-state index in [1.165, 1.54) is 0 Å². The van der Waals surface area contributed by atoms with Gasteiger partial charge < -0.3 is 14.6 Å². The number of carbonyl (C=O) groups is 1. The molecule has 1 aromatic heterocycles. The van der Waals surface area contributed by atoms with Crippen molar-refractivity contribution in [3.63, 3.8) is 0 Å². The normalized spacial score (nSPS) is 10.6. The maximum absolute atomic E-state index is 12.2. The first-order chi connectivity index (χ1) is 13.0. The van der Waals surface area contributed by atoms with E-state index < -0.39 is 0 Å². The highest BCUT2D eigenvalue weighted by Gasteiger charge is 2.09. The van der Waals surface area contributed by atoms with Crippen LogP contribution in [0.4, 0.5) is 0 Å². The van der Waals surface area contributed by atoms with Gasteiger partial charge in [-0.1, -0.05) is 28.4 Å². The molecule has 1 amide bonds. The van der Waals surface area contributed by atoms with Gasteiger partial charge in [0, 0.05) is 22.7 Å². The van der Waals surface area contributed by atoms with E-state index in [9.17, 15) is 4.79 Å². The number of halogens is 2. The number of aromatic nitrogens is 2. The molecule has 0 aliphatic rings. The first-order valence-corrected chi connectivity index (χ1v) is 9.05. The Bertz CT molecular complexity index is 926. The van der Waals surface area contributed by atoms with Gasteiger partial charge in [0.25, 0.3) is 11.8 Å². The van der Waals surface area contributed by atoms with E-state index in [0.29, 0.717) is 52.6 Å². The maximum Gasteiger partial charge on any atom is 0.257 e. The Balaban J connectivity index is 1.44. The number of carbonyl (C=O) groups excluding carboxylic acids is 1. The summed E-state index contributed by atoms with van der Waals surface area (Å²) in [6, 6.07) is 12.0. The summed E-state index contributed by atoms with van der Waals surface area (Å²) in [5.74, 6) is 1.40. The molecule has 140 valence electrons. The lowest BCUT2D eigenvalue weighted by Crippen LogP contribution is -2.25. The highest BCUT2D eigenvalue weighted by Crippen LogP contribution is 2.27. The predicted molar refractivity (Wildman–Crippen MR) is 103 cm³/mol. The molecular formula is C19H17Cl2N3O3.